The molecule has 0 atom stereocenters. The van der Waals surface area contributed by atoms with E-state index in [1.165, 1.54) is 12.3 Å². The molecule has 6 nitrogen and oxygen atoms in total. The molecule has 3 aromatic rings. The van der Waals surface area contributed by atoms with Gasteiger partial charge in [-0.15, -0.1) is 0 Å². The first-order valence-corrected chi connectivity index (χ1v) is 10.1. The predicted molar refractivity (Wildman–Crippen MR) is 122 cm³/mol. The maximum atomic E-state index is 12.0. The highest BCUT2D eigenvalue weighted by Crippen LogP contribution is 2.18. The number of hydrogen-bond acceptors (Lipinski definition) is 4. The zero-order chi connectivity index (χ0) is 22.1. The number of amides is 2. The molecule has 0 unspecified atom stereocenters. The number of carbonyl (C=O) groups is 2. The van der Waals surface area contributed by atoms with Crippen LogP contribution in [0.15, 0.2) is 77.9 Å². The fourth-order valence-electron chi connectivity index (χ4n) is 2.57. The van der Waals surface area contributed by atoms with Crippen LogP contribution in [0.25, 0.3) is 0 Å². The molecule has 0 spiro atoms. The normalized spacial score (nSPS) is 10.6. The van der Waals surface area contributed by atoms with Gasteiger partial charge in [-0.1, -0.05) is 53.5 Å². The van der Waals surface area contributed by atoms with Crippen LogP contribution in [0, 0.1) is 0 Å². The third-order valence-corrected chi connectivity index (χ3v) is 4.60. The van der Waals surface area contributed by atoms with Crippen molar-refractivity contribution in [3.05, 3.63) is 99.5 Å². The highest BCUT2D eigenvalue weighted by Gasteiger charge is 2.08. The summed E-state index contributed by atoms with van der Waals surface area (Å²) in [7, 11) is 0. The molecular weight excluding hydrogens is 437 g/mol. The second-order valence-electron chi connectivity index (χ2n) is 6.44. The summed E-state index contributed by atoms with van der Waals surface area (Å²) >= 11 is 11.8. The number of hydrazone groups is 1. The van der Waals surface area contributed by atoms with E-state index in [2.05, 4.69) is 15.8 Å². The van der Waals surface area contributed by atoms with Crippen molar-refractivity contribution in [1.82, 2.24) is 10.7 Å². The lowest BCUT2D eigenvalue weighted by Gasteiger charge is -2.09. The average molecular weight is 456 g/mol. The average Bonchev–Trinajstić information content (AvgIpc) is 2.78. The third kappa shape index (κ3) is 7.13. The third-order valence-electron chi connectivity index (χ3n) is 4.12. The van der Waals surface area contributed by atoms with Crippen molar-refractivity contribution in [3.63, 3.8) is 0 Å². The minimum atomic E-state index is -0.466. The number of carbonyl (C=O) groups excluding carboxylic acids is 2. The molecule has 0 fully saturated rings. The predicted octanol–water partition coefficient (Wildman–Crippen LogP) is 4.45. The summed E-state index contributed by atoms with van der Waals surface area (Å²) in [5, 5.41) is 7.56. The Hall–Kier alpha value is -3.35. The molecule has 158 valence electrons. The lowest BCUT2D eigenvalue weighted by molar-refractivity contribution is -0.120. The summed E-state index contributed by atoms with van der Waals surface area (Å²) in [5.41, 5.74) is 4.41. The van der Waals surface area contributed by atoms with Crippen LogP contribution in [0.2, 0.25) is 10.0 Å². The number of benzene rings is 3. The first kappa shape index (κ1) is 22.3. The first-order chi connectivity index (χ1) is 15.0. The molecule has 0 aromatic heterocycles. The van der Waals surface area contributed by atoms with Gasteiger partial charge >= 0.3 is 0 Å². The van der Waals surface area contributed by atoms with Gasteiger partial charge in [0.05, 0.1) is 12.8 Å². The molecule has 0 aliphatic carbocycles. The van der Waals surface area contributed by atoms with Gasteiger partial charge in [-0.05, 0) is 48.0 Å². The number of ether oxygens (including phenoxy) is 1. The number of halogens is 2. The molecule has 0 heterocycles. The molecule has 0 radical (unpaired) electrons. The van der Waals surface area contributed by atoms with Gasteiger partial charge in [0.25, 0.3) is 11.8 Å². The summed E-state index contributed by atoms with van der Waals surface area (Å²) < 4.78 is 5.84. The standard InChI is InChI=1S/C23H19Cl2N3O3/c24-19-10-8-16(9-11-19)15-31-21-7-2-1-4-18(21)13-27-28-22(29)14-26-23(30)17-5-3-6-20(25)12-17/h1-13H,14-15H2,(H,26,30)(H,28,29)/b27-13+. The molecule has 2 amide bonds. The topological polar surface area (TPSA) is 79.8 Å². The molecule has 0 saturated carbocycles. The van der Waals surface area contributed by atoms with Gasteiger partial charge in [0.15, 0.2) is 0 Å². The molecule has 3 aromatic carbocycles. The Morgan fingerprint density at radius 1 is 0.935 bits per heavy atom. The van der Waals surface area contributed by atoms with Crippen molar-refractivity contribution in [3.8, 4) is 5.75 Å². The summed E-state index contributed by atoms with van der Waals surface area (Å²) in [6.45, 7) is 0.140. The second kappa shape index (κ2) is 11.2. The molecule has 8 heteroatoms. The summed E-state index contributed by atoms with van der Waals surface area (Å²) in [5.74, 6) is -0.251. The Kier molecular flexibility index (Phi) is 8.04. The van der Waals surface area contributed by atoms with E-state index in [9.17, 15) is 9.59 Å². The number of nitrogens with one attached hydrogen (secondary N) is 2. The molecular formula is C23H19Cl2N3O3. The van der Waals surface area contributed by atoms with Crippen LogP contribution in [0.1, 0.15) is 21.5 Å². The van der Waals surface area contributed by atoms with Crippen molar-refractivity contribution in [2.45, 2.75) is 6.61 Å². The van der Waals surface area contributed by atoms with E-state index in [4.69, 9.17) is 27.9 Å². The number of para-hydroxylation sites is 1. The molecule has 0 aliphatic rings. The molecule has 31 heavy (non-hydrogen) atoms. The molecule has 0 bridgehead atoms. The monoisotopic (exact) mass is 455 g/mol. The van der Waals surface area contributed by atoms with Gasteiger partial charge < -0.3 is 10.1 Å². The van der Waals surface area contributed by atoms with Crippen LogP contribution in [-0.2, 0) is 11.4 Å². The SMILES string of the molecule is O=C(CNC(=O)c1cccc(Cl)c1)N/N=C/c1ccccc1OCc1ccc(Cl)cc1. The zero-order valence-electron chi connectivity index (χ0n) is 16.3. The fourth-order valence-corrected chi connectivity index (χ4v) is 2.88. The Bertz CT molecular complexity index is 1090. The van der Waals surface area contributed by atoms with Crippen molar-refractivity contribution in [2.75, 3.05) is 6.54 Å². The maximum absolute atomic E-state index is 12.0. The van der Waals surface area contributed by atoms with Gasteiger partial charge in [0.2, 0.25) is 0 Å². The van der Waals surface area contributed by atoms with E-state index in [0.717, 1.165) is 5.56 Å². The summed E-state index contributed by atoms with van der Waals surface area (Å²) in [6, 6.07) is 21.1. The van der Waals surface area contributed by atoms with Gasteiger partial charge in [-0.3, -0.25) is 9.59 Å². The van der Waals surface area contributed by atoms with Crippen LogP contribution in [0.5, 0.6) is 5.75 Å². The summed E-state index contributed by atoms with van der Waals surface area (Å²) in [4.78, 5) is 24.0. The van der Waals surface area contributed by atoms with E-state index in [-0.39, 0.29) is 6.54 Å². The molecule has 2 N–H and O–H groups in total. The Morgan fingerprint density at radius 2 is 1.71 bits per heavy atom. The lowest BCUT2D eigenvalue weighted by Crippen LogP contribution is -2.34. The molecule has 0 saturated heterocycles. The van der Waals surface area contributed by atoms with Gasteiger partial charge in [-0.25, -0.2) is 5.43 Å². The fraction of sp³-hybridized carbons (Fsp3) is 0.0870. The van der Waals surface area contributed by atoms with Crippen LogP contribution < -0.4 is 15.5 Å². The van der Waals surface area contributed by atoms with Crippen molar-refractivity contribution >= 4 is 41.2 Å². The largest absolute Gasteiger partial charge is 0.488 e. The molecule has 0 aliphatic heterocycles. The molecule has 3 rings (SSSR count). The lowest BCUT2D eigenvalue weighted by atomic mass is 10.2. The first-order valence-electron chi connectivity index (χ1n) is 9.33. The minimum absolute atomic E-state index is 0.225. The van der Waals surface area contributed by atoms with E-state index < -0.39 is 11.8 Å². The highest BCUT2D eigenvalue weighted by atomic mass is 35.5. The number of hydrogen-bond donors (Lipinski definition) is 2. The van der Waals surface area contributed by atoms with Crippen LogP contribution in [-0.4, -0.2) is 24.6 Å². The Balaban J connectivity index is 1.50. The van der Waals surface area contributed by atoms with Gasteiger partial charge in [0, 0.05) is 21.2 Å². The highest BCUT2D eigenvalue weighted by molar-refractivity contribution is 6.31. The number of rotatable bonds is 8. The van der Waals surface area contributed by atoms with Crippen LogP contribution >= 0.6 is 23.2 Å². The van der Waals surface area contributed by atoms with Crippen LogP contribution in [0.4, 0.5) is 0 Å². The Labute approximate surface area is 189 Å². The Morgan fingerprint density at radius 3 is 2.48 bits per heavy atom. The summed E-state index contributed by atoms with van der Waals surface area (Å²) in [6.07, 6.45) is 1.48. The van der Waals surface area contributed by atoms with Gasteiger partial charge in [0.1, 0.15) is 12.4 Å². The smallest absolute Gasteiger partial charge is 0.259 e. The van der Waals surface area contributed by atoms with E-state index in [0.29, 0.717) is 33.5 Å². The van der Waals surface area contributed by atoms with Crippen molar-refractivity contribution < 1.29 is 14.3 Å². The van der Waals surface area contributed by atoms with Crippen molar-refractivity contribution in [2.24, 2.45) is 5.10 Å². The maximum Gasteiger partial charge on any atom is 0.259 e. The zero-order valence-corrected chi connectivity index (χ0v) is 17.9. The van der Waals surface area contributed by atoms with Crippen molar-refractivity contribution in [1.29, 1.82) is 0 Å². The second-order valence-corrected chi connectivity index (χ2v) is 7.31. The minimum Gasteiger partial charge on any atom is -0.488 e. The van der Waals surface area contributed by atoms with E-state index in [1.54, 1.807) is 30.3 Å². The van der Waals surface area contributed by atoms with E-state index in [1.807, 2.05) is 36.4 Å². The van der Waals surface area contributed by atoms with Gasteiger partial charge in [-0.2, -0.15) is 5.10 Å². The quantitative estimate of drug-likeness (QED) is 0.388. The van der Waals surface area contributed by atoms with Crippen LogP contribution in [0.3, 0.4) is 0 Å². The van der Waals surface area contributed by atoms with E-state index >= 15 is 0 Å². The number of nitrogens with zero attached hydrogens (tertiary/aromatic N) is 1.